The Morgan fingerprint density at radius 3 is 2.63 bits per heavy atom. The molecule has 0 spiro atoms. The fraction of sp³-hybridized carbons (Fsp3) is 0.529. The zero-order valence-corrected chi connectivity index (χ0v) is 11.3. The van der Waals surface area contributed by atoms with Crippen LogP contribution in [0.3, 0.4) is 0 Å². The zero-order valence-electron chi connectivity index (χ0n) is 11.3. The van der Waals surface area contributed by atoms with Crippen molar-refractivity contribution in [3.8, 4) is 0 Å². The minimum atomic E-state index is -0.135. The number of nitrogens with one attached hydrogen (secondary N) is 1. The van der Waals surface area contributed by atoms with Gasteiger partial charge in [-0.05, 0) is 67.7 Å². The second-order valence-electron chi connectivity index (χ2n) is 5.86. The molecule has 1 aromatic carbocycles. The number of hydrogen-bond donors (Lipinski definition) is 1. The molecule has 2 heteroatoms. The first-order valence-corrected chi connectivity index (χ1v) is 7.46. The highest BCUT2D eigenvalue weighted by atomic mass is 19.1. The highest BCUT2D eigenvalue weighted by molar-refractivity contribution is 5.23. The lowest BCUT2D eigenvalue weighted by molar-refractivity contribution is 0.211. The van der Waals surface area contributed by atoms with E-state index in [2.05, 4.69) is 17.5 Å². The van der Waals surface area contributed by atoms with E-state index in [0.29, 0.717) is 5.92 Å². The van der Waals surface area contributed by atoms with Gasteiger partial charge in [-0.2, -0.15) is 0 Å². The Hall–Kier alpha value is -1.15. The number of allylic oxidation sites excluding steroid dienone is 2. The van der Waals surface area contributed by atoms with Crippen molar-refractivity contribution in [1.82, 2.24) is 5.32 Å². The van der Waals surface area contributed by atoms with Crippen LogP contribution in [0.4, 0.5) is 4.39 Å². The van der Waals surface area contributed by atoms with Gasteiger partial charge in [-0.1, -0.05) is 24.3 Å². The molecule has 19 heavy (non-hydrogen) atoms. The standard InChI is InChI=1S/C17H22FN/c18-15-8-6-14(7-9-15)17-12-19-11-10-16(17)13-4-2-1-3-5-13/h1-2,6-9,13,16-17,19H,3-5,10-12H2. The second kappa shape index (κ2) is 5.87. The van der Waals surface area contributed by atoms with Gasteiger partial charge < -0.3 is 5.32 Å². The van der Waals surface area contributed by atoms with Crippen molar-refractivity contribution in [2.45, 2.75) is 31.6 Å². The third-order valence-corrected chi connectivity index (χ3v) is 4.75. The predicted octanol–water partition coefficient (Wildman–Crippen LogP) is 3.88. The number of halogens is 1. The van der Waals surface area contributed by atoms with E-state index in [1.165, 1.54) is 31.2 Å². The summed E-state index contributed by atoms with van der Waals surface area (Å²) in [6.45, 7) is 2.17. The molecule has 0 radical (unpaired) electrons. The van der Waals surface area contributed by atoms with Crippen molar-refractivity contribution in [2.75, 3.05) is 13.1 Å². The van der Waals surface area contributed by atoms with Gasteiger partial charge in [-0.25, -0.2) is 4.39 Å². The predicted molar refractivity (Wildman–Crippen MR) is 76.6 cm³/mol. The summed E-state index contributed by atoms with van der Waals surface area (Å²) in [4.78, 5) is 0. The van der Waals surface area contributed by atoms with Crippen molar-refractivity contribution in [3.63, 3.8) is 0 Å². The zero-order chi connectivity index (χ0) is 13.1. The van der Waals surface area contributed by atoms with Crippen LogP contribution in [0.25, 0.3) is 0 Å². The maximum Gasteiger partial charge on any atom is 0.123 e. The second-order valence-corrected chi connectivity index (χ2v) is 5.86. The summed E-state index contributed by atoms with van der Waals surface area (Å²) in [6, 6.07) is 7.14. The highest BCUT2D eigenvalue weighted by Crippen LogP contribution is 2.39. The highest BCUT2D eigenvalue weighted by Gasteiger charge is 2.32. The van der Waals surface area contributed by atoms with E-state index >= 15 is 0 Å². The number of benzene rings is 1. The van der Waals surface area contributed by atoms with Crippen LogP contribution in [0, 0.1) is 17.7 Å². The van der Waals surface area contributed by atoms with Crippen LogP contribution >= 0.6 is 0 Å². The molecule has 1 N–H and O–H groups in total. The van der Waals surface area contributed by atoms with Crippen LogP contribution < -0.4 is 5.32 Å². The summed E-state index contributed by atoms with van der Waals surface area (Å²) < 4.78 is 13.1. The fourth-order valence-corrected chi connectivity index (χ4v) is 3.72. The van der Waals surface area contributed by atoms with Gasteiger partial charge in [0.1, 0.15) is 5.82 Å². The van der Waals surface area contributed by atoms with Crippen molar-refractivity contribution < 1.29 is 4.39 Å². The maximum absolute atomic E-state index is 13.1. The lowest BCUT2D eigenvalue weighted by Gasteiger charge is -2.38. The minimum absolute atomic E-state index is 0.135. The van der Waals surface area contributed by atoms with Crippen molar-refractivity contribution in [1.29, 1.82) is 0 Å². The van der Waals surface area contributed by atoms with Gasteiger partial charge in [0.2, 0.25) is 0 Å². The Morgan fingerprint density at radius 2 is 1.89 bits per heavy atom. The van der Waals surface area contributed by atoms with Crippen LogP contribution in [0.15, 0.2) is 36.4 Å². The SMILES string of the molecule is Fc1ccc(C2CNCCC2C2CC=CCC2)cc1. The monoisotopic (exact) mass is 259 g/mol. The molecule has 1 saturated heterocycles. The van der Waals surface area contributed by atoms with Crippen molar-refractivity contribution in [3.05, 3.63) is 47.8 Å². The summed E-state index contributed by atoms with van der Waals surface area (Å²) in [7, 11) is 0. The number of hydrogen-bond acceptors (Lipinski definition) is 1. The topological polar surface area (TPSA) is 12.0 Å². The lowest BCUT2D eigenvalue weighted by atomic mass is 9.70. The van der Waals surface area contributed by atoms with Gasteiger partial charge in [0, 0.05) is 6.54 Å². The molecular weight excluding hydrogens is 237 g/mol. The third kappa shape index (κ3) is 2.89. The molecule has 1 aliphatic heterocycles. The van der Waals surface area contributed by atoms with E-state index in [-0.39, 0.29) is 5.82 Å². The molecule has 3 rings (SSSR count). The first-order valence-electron chi connectivity index (χ1n) is 7.46. The van der Waals surface area contributed by atoms with E-state index < -0.39 is 0 Å². The molecule has 0 amide bonds. The van der Waals surface area contributed by atoms with Crippen LogP contribution in [0.2, 0.25) is 0 Å². The number of rotatable bonds is 2. The Morgan fingerprint density at radius 1 is 1.05 bits per heavy atom. The van der Waals surface area contributed by atoms with E-state index in [0.717, 1.165) is 24.9 Å². The van der Waals surface area contributed by atoms with E-state index in [1.54, 1.807) is 12.1 Å². The summed E-state index contributed by atoms with van der Waals surface area (Å²) in [5.74, 6) is 1.97. The van der Waals surface area contributed by atoms with Crippen LogP contribution in [-0.4, -0.2) is 13.1 Å². The molecular formula is C17H22FN. The van der Waals surface area contributed by atoms with Gasteiger partial charge >= 0.3 is 0 Å². The Balaban J connectivity index is 1.80. The van der Waals surface area contributed by atoms with Gasteiger partial charge in [0.15, 0.2) is 0 Å². The van der Waals surface area contributed by atoms with Crippen molar-refractivity contribution in [2.24, 2.45) is 11.8 Å². The minimum Gasteiger partial charge on any atom is -0.316 e. The Labute approximate surface area is 114 Å². The fourth-order valence-electron chi connectivity index (χ4n) is 3.72. The molecule has 0 bridgehead atoms. The summed E-state index contributed by atoms with van der Waals surface area (Å²) >= 11 is 0. The van der Waals surface area contributed by atoms with Gasteiger partial charge in [-0.15, -0.1) is 0 Å². The largest absolute Gasteiger partial charge is 0.316 e. The molecule has 1 aromatic rings. The molecule has 0 saturated carbocycles. The Kier molecular flexibility index (Phi) is 3.97. The van der Waals surface area contributed by atoms with Gasteiger partial charge in [0.25, 0.3) is 0 Å². The average molecular weight is 259 g/mol. The molecule has 1 fully saturated rings. The van der Waals surface area contributed by atoms with Gasteiger partial charge in [-0.3, -0.25) is 0 Å². The maximum atomic E-state index is 13.1. The molecule has 102 valence electrons. The Bertz CT molecular complexity index is 437. The van der Waals surface area contributed by atoms with E-state index in [9.17, 15) is 4.39 Å². The quantitative estimate of drug-likeness (QED) is 0.795. The summed E-state index contributed by atoms with van der Waals surface area (Å²) in [5.41, 5.74) is 1.30. The van der Waals surface area contributed by atoms with Crippen LogP contribution in [-0.2, 0) is 0 Å². The van der Waals surface area contributed by atoms with E-state index in [4.69, 9.17) is 0 Å². The average Bonchev–Trinajstić information content (AvgIpc) is 2.49. The number of piperidine rings is 1. The molecule has 0 aromatic heterocycles. The summed E-state index contributed by atoms with van der Waals surface area (Å²) in [6.07, 6.45) is 9.68. The molecule has 1 heterocycles. The first kappa shape index (κ1) is 12.9. The van der Waals surface area contributed by atoms with E-state index in [1.807, 2.05) is 12.1 Å². The molecule has 2 aliphatic rings. The smallest absolute Gasteiger partial charge is 0.123 e. The van der Waals surface area contributed by atoms with Crippen LogP contribution in [0.5, 0.6) is 0 Å². The molecule has 1 nitrogen and oxygen atoms in total. The van der Waals surface area contributed by atoms with Crippen LogP contribution in [0.1, 0.15) is 37.2 Å². The molecule has 3 atom stereocenters. The normalized spacial score (nSPS) is 31.3. The van der Waals surface area contributed by atoms with Gasteiger partial charge in [0.05, 0.1) is 0 Å². The third-order valence-electron chi connectivity index (χ3n) is 4.75. The first-order chi connectivity index (χ1) is 9.34. The molecule has 1 aliphatic carbocycles. The van der Waals surface area contributed by atoms with Crippen molar-refractivity contribution >= 4 is 0 Å². The summed E-state index contributed by atoms with van der Waals surface area (Å²) in [5, 5.41) is 3.51. The molecule has 3 unspecified atom stereocenters. The lowest BCUT2D eigenvalue weighted by Crippen LogP contribution is -2.38.